The monoisotopic (exact) mass is 312 g/mol. The first-order valence-corrected chi connectivity index (χ1v) is 6.18. The smallest absolute Gasteiger partial charge is 0.132 e. The zero-order valence-electron chi connectivity index (χ0n) is 9.62. The summed E-state index contributed by atoms with van der Waals surface area (Å²) in [6, 6.07) is 8.62. The van der Waals surface area contributed by atoms with Crippen molar-refractivity contribution in [3.8, 4) is 0 Å². The molecule has 0 saturated carbocycles. The number of aliphatic hydroxyl groups excluding tert-OH is 1. The first kappa shape index (κ1) is 13.2. The van der Waals surface area contributed by atoms with E-state index in [-0.39, 0.29) is 5.56 Å². The molecule has 1 nitrogen and oxygen atoms in total. The minimum Gasteiger partial charge on any atom is -0.383 e. The van der Waals surface area contributed by atoms with Gasteiger partial charge in [-0.3, -0.25) is 0 Å². The molecule has 0 heterocycles. The van der Waals surface area contributed by atoms with Crippen LogP contribution in [0.4, 0.5) is 8.78 Å². The van der Waals surface area contributed by atoms with E-state index < -0.39 is 17.7 Å². The van der Waals surface area contributed by atoms with Gasteiger partial charge in [0.25, 0.3) is 0 Å². The molecule has 1 N–H and O–H groups in total. The summed E-state index contributed by atoms with van der Waals surface area (Å²) in [7, 11) is 0. The van der Waals surface area contributed by atoms with Crippen LogP contribution in [0.15, 0.2) is 40.9 Å². The summed E-state index contributed by atoms with van der Waals surface area (Å²) in [6.45, 7) is 1.89. The van der Waals surface area contributed by atoms with Crippen LogP contribution in [0.2, 0.25) is 0 Å². The molecule has 1 atom stereocenters. The van der Waals surface area contributed by atoms with Gasteiger partial charge < -0.3 is 5.11 Å². The van der Waals surface area contributed by atoms with Gasteiger partial charge >= 0.3 is 0 Å². The molecule has 94 valence electrons. The molecule has 1 unspecified atom stereocenters. The molecule has 4 heteroatoms. The number of benzene rings is 2. The molecule has 0 aliphatic rings. The summed E-state index contributed by atoms with van der Waals surface area (Å²) in [5.74, 6) is -1.50. The average Bonchev–Trinajstić information content (AvgIpc) is 2.32. The standard InChI is InChI=1S/C14H11BrF2O/c1-8-5-6-9(7-10(8)15)14(18)13-11(16)3-2-4-12(13)17/h2-7,14,18H,1H3. The van der Waals surface area contributed by atoms with Crippen molar-refractivity contribution in [2.75, 3.05) is 0 Å². The third-order valence-corrected chi connectivity index (χ3v) is 3.64. The lowest BCUT2D eigenvalue weighted by Gasteiger charge is -2.14. The number of aryl methyl sites for hydroxylation is 1. The van der Waals surface area contributed by atoms with Gasteiger partial charge in [-0.25, -0.2) is 8.78 Å². The van der Waals surface area contributed by atoms with Gasteiger partial charge in [0.05, 0.1) is 5.56 Å². The van der Waals surface area contributed by atoms with Gasteiger partial charge in [0.1, 0.15) is 17.7 Å². The van der Waals surface area contributed by atoms with E-state index in [1.165, 1.54) is 6.07 Å². The van der Waals surface area contributed by atoms with Crippen LogP contribution >= 0.6 is 15.9 Å². The zero-order chi connectivity index (χ0) is 13.3. The third-order valence-electron chi connectivity index (χ3n) is 2.78. The molecule has 0 aromatic heterocycles. The number of hydrogen-bond donors (Lipinski definition) is 1. The summed E-state index contributed by atoms with van der Waals surface area (Å²) in [6.07, 6.45) is -1.32. The molecule has 0 spiro atoms. The Bertz CT molecular complexity index is 564. The second-order valence-electron chi connectivity index (χ2n) is 4.05. The van der Waals surface area contributed by atoms with E-state index in [9.17, 15) is 13.9 Å². The summed E-state index contributed by atoms with van der Waals surface area (Å²) in [5, 5.41) is 10.1. The van der Waals surface area contributed by atoms with Crippen LogP contribution < -0.4 is 0 Å². The van der Waals surface area contributed by atoms with Crippen LogP contribution in [-0.4, -0.2) is 5.11 Å². The van der Waals surface area contributed by atoms with Crippen LogP contribution in [0.3, 0.4) is 0 Å². The third kappa shape index (κ3) is 2.44. The molecule has 18 heavy (non-hydrogen) atoms. The zero-order valence-corrected chi connectivity index (χ0v) is 11.2. The van der Waals surface area contributed by atoms with Crippen molar-refractivity contribution in [1.29, 1.82) is 0 Å². The van der Waals surface area contributed by atoms with Crippen LogP contribution in [0.25, 0.3) is 0 Å². The molecule has 0 aliphatic carbocycles. The molecule has 2 rings (SSSR count). The fourth-order valence-corrected chi connectivity index (χ4v) is 2.11. The quantitative estimate of drug-likeness (QED) is 0.884. The number of halogens is 3. The van der Waals surface area contributed by atoms with Crippen molar-refractivity contribution >= 4 is 15.9 Å². The minimum absolute atomic E-state index is 0.326. The van der Waals surface area contributed by atoms with E-state index in [1.807, 2.05) is 6.92 Å². The lowest BCUT2D eigenvalue weighted by Crippen LogP contribution is -2.05. The molecule has 0 fully saturated rings. The average molecular weight is 313 g/mol. The van der Waals surface area contributed by atoms with Gasteiger partial charge in [0.2, 0.25) is 0 Å². The van der Waals surface area contributed by atoms with Gasteiger partial charge in [-0.1, -0.05) is 34.1 Å². The topological polar surface area (TPSA) is 20.2 Å². The molecular formula is C14H11BrF2O. The fourth-order valence-electron chi connectivity index (χ4n) is 1.72. The molecule has 0 amide bonds. The maximum atomic E-state index is 13.6. The summed E-state index contributed by atoms with van der Waals surface area (Å²) in [5.41, 5.74) is 1.10. The Balaban J connectivity index is 2.48. The Morgan fingerprint density at radius 1 is 1.11 bits per heavy atom. The van der Waals surface area contributed by atoms with Crippen LogP contribution in [-0.2, 0) is 0 Å². The normalized spacial score (nSPS) is 12.5. The molecule has 0 aliphatic heterocycles. The Morgan fingerprint density at radius 3 is 2.28 bits per heavy atom. The van der Waals surface area contributed by atoms with Gasteiger partial charge in [-0.05, 0) is 36.2 Å². The van der Waals surface area contributed by atoms with Crippen molar-refractivity contribution in [2.24, 2.45) is 0 Å². The Kier molecular flexibility index (Phi) is 3.78. The maximum Gasteiger partial charge on any atom is 0.132 e. The van der Waals surface area contributed by atoms with Gasteiger partial charge in [-0.2, -0.15) is 0 Å². The number of aliphatic hydroxyl groups is 1. The molecule has 0 bridgehead atoms. The Labute approximate surface area is 112 Å². The maximum absolute atomic E-state index is 13.6. The van der Waals surface area contributed by atoms with Crippen molar-refractivity contribution in [2.45, 2.75) is 13.0 Å². The van der Waals surface area contributed by atoms with E-state index in [2.05, 4.69) is 15.9 Å². The van der Waals surface area contributed by atoms with Gasteiger partial charge in [-0.15, -0.1) is 0 Å². The predicted molar refractivity (Wildman–Crippen MR) is 69.3 cm³/mol. The fraction of sp³-hybridized carbons (Fsp3) is 0.143. The second kappa shape index (κ2) is 5.16. The SMILES string of the molecule is Cc1ccc(C(O)c2c(F)cccc2F)cc1Br. The number of rotatable bonds is 2. The lowest BCUT2D eigenvalue weighted by molar-refractivity contribution is 0.209. The summed E-state index contributed by atoms with van der Waals surface area (Å²) < 4.78 is 27.9. The van der Waals surface area contributed by atoms with Gasteiger partial charge in [0, 0.05) is 4.47 Å². The lowest BCUT2D eigenvalue weighted by atomic mass is 9.99. The van der Waals surface area contributed by atoms with Crippen molar-refractivity contribution < 1.29 is 13.9 Å². The largest absolute Gasteiger partial charge is 0.383 e. The Hall–Kier alpha value is -1.26. The molecule has 2 aromatic carbocycles. The number of hydrogen-bond acceptors (Lipinski definition) is 1. The highest BCUT2D eigenvalue weighted by Gasteiger charge is 2.19. The Morgan fingerprint density at radius 2 is 1.72 bits per heavy atom. The predicted octanol–water partition coefficient (Wildman–Crippen LogP) is 4.12. The highest BCUT2D eigenvalue weighted by atomic mass is 79.9. The van der Waals surface area contributed by atoms with E-state index in [1.54, 1.807) is 18.2 Å². The van der Waals surface area contributed by atoms with Gasteiger partial charge in [0.15, 0.2) is 0 Å². The van der Waals surface area contributed by atoms with Crippen LogP contribution in [0.1, 0.15) is 22.8 Å². The van der Waals surface area contributed by atoms with Crippen molar-refractivity contribution in [3.05, 3.63) is 69.2 Å². The molecular weight excluding hydrogens is 302 g/mol. The van der Waals surface area contributed by atoms with E-state index >= 15 is 0 Å². The van der Waals surface area contributed by atoms with Crippen molar-refractivity contribution in [3.63, 3.8) is 0 Å². The molecule has 0 radical (unpaired) electrons. The first-order chi connectivity index (χ1) is 8.50. The van der Waals surface area contributed by atoms with E-state index in [0.717, 1.165) is 22.2 Å². The summed E-state index contributed by atoms with van der Waals surface area (Å²) >= 11 is 3.33. The first-order valence-electron chi connectivity index (χ1n) is 5.38. The van der Waals surface area contributed by atoms with Crippen LogP contribution in [0.5, 0.6) is 0 Å². The second-order valence-corrected chi connectivity index (χ2v) is 4.90. The molecule has 0 saturated heterocycles. The minimum atomic E-state index is -1.32. The summed E-state index contributed by atoms with van der Waals surface area (Å²) in [4.78, 5) is 0. The highest BCUT2D eigenvalue weighted by molar-refractivity contribution is 9.10. The highest BCUT2D eigenvalue weighted by Crippen LogP contribution is 2.29. The van der Waals surface area contributed by atoms with Crippen LogP contribution in [0, 0.1) is 18.6 Å². The van der Waals surface area contributed by atoms with E-state index in [4.69, 9.17) is 0 Å². The van der Waals surface area contributed by atoms with Crippen molar-refractivity contribution in [1.82, 2.24) is 0 Å². The molecule has 2 aromatic rings. The van der Waals surface area contributed by atoms with E-state index in [0.29, 0.717) is 5.56 Å².